The van der Waals surface area contributed by atoms with Gasteiger partial charge in [0.2, 0.25) is 0 Å². The summed E-state index contributed by atoms with van der Waals surface area (Å²) in [5, 5.41) is 4.09. The lowest BCUT2D eigenvalue weighted by Gasteiger charge is -2.24. The highest BCUT2D eigenvalue weighted by Gasteiger charge is 2.44. The van der Waals surface area contributed by atoms with Crippen molar-refractivity contribution in [1.29, 1.82) is 0 Å². The molecule has 24 heavy (non-hydrogen) atoms. The summed E-state index contributed by atoms with van der Waals surface area (Å²) in [6, 6.07) is 18.2. The zero-order valence-electron chi connectivity index (χ0n) is 13.4. The first-order valence-corrected chi connectivity index (χ1v) is 8.57. The smallest absolute Gasteiger partial charge is 0.340 e. The molecule has 0 aromatic heterocycles. The molecule has 0 N–H and O–H groups in total. The van der Waals surface area contributed by atoms with Gasteiger partial charge in [0.25, 0.3) is 0 Å². The second-order valence-electron chi connectivity index (χ2n) is 7.01. The molecule has 0 saturated heterocycles. The van der Waals surface area contributed by atoms with Crippen molar-refractivity contribution in [2.75, 3.05) is 0 Å². The fraction of sp³-hybridized carbons (Fsp3) is 0.227. The minimum atomic E-state index is -0.375. The molecular formula is C22H18O2. The number of allylic oxidation sites excluding steroid dienone is 1. The number of rotatable bonds is 2. The maximum absolute atomic E-state index is 13.2. The van der Waals surface area contributed by atoms with Gasteiger partial charge in [-0.3, -0.25) is 0 Å². The normalized spacial score (nSPS) is 24.8. The molecule has 0 amide bonds. The summed E-state index contributed by atoms with van der Waals surface area (Å²) in [5.41, 5.74) is 0.321. The number of fused-ring (bicyclic) bond motifs is 4. The highest BCUT2D eigenvalue weighted by atomic mass is 16.6. The lowest BCUT2D eigenvalue weighted by Crippen LogP contribution is -2.28. The Hall–Kier alpha value is -2.61. The van der Waals surface area contributed by atoms with E-state index < -0.39 is 0 Å². The number of ether oxygens (including phenoxy) is 1. The van der Waals surface area contributed by atoms with E-state index in [0.29, 0.717) is 11.5 Å². The Kier molecular flexibility index (Phi) is 2.84. The molecule has 5 rings (SSSR count). The van der Waals surface area contributed by atoms with Crippen LogP contribution in [0.4, 0.5) is 0 Å². The van der Waals surface area contributed by atoms with Crippen molar-refractivity contribution in [2.45, 2.75) is 24.9 Å². The quantitative estimate of drug-likeness (QED) is 0.366. The van der Waals surface area contributed by atoms with E-state index in [4.69, 9.17) is 4.74 Å². The van der Waals surface area contributed by atoms with Crippen molar-refractivity contribution >= 4 is 27.5 Å². The Morgan fingerprint density at radius 1 is 1.00 bits per heavy atom. The summed E-state index contributed by atoms with van der Waals surface area (Å²) < 4.78 is 6.07. The zero-order chi connectivity index (χ0) is 16.1. The number of hydrogen-bond acceptors (Lipinski definition) is 2. The van der Waals surface area contributed by atoms with Gasteiger partial charge in [-0.25, -0.2) is 4.79 Å². The van der Waals surface area contributed by atoms with Gasteiger partial charge in [-0.1, -0.05) is 54.6 Å². The second-order valence-corrected chi connectivity index (χ2v) is 7.01. The molecule has 3 aromatic carbocycles. The van der Waals surface area contributed by atoms with Crippen molar-refractivity contribution in [3.05, 3.63) is 72.3 Å². The maximum atomic E-state index is 13.2. The molecule has 118 valence electrons. The lowest BCUT2D eigenvalue weighted by molar-refractivity contribution is 0.00821. The Bertz CT molecular complexity index is 947. The number of hydrogen-bond donors (Lipinski definition) is 0. The molecule has 1 fully saturated rings. The molecule has 0 spiro atoms. The van der Waals surface area contributed by atoms with Crippen LogP contribution in [0.3, 0.4) is 0 Å². The van der Waals surface area contributed by atoms with Gasteiger partial charge in [0, 0.05) is 0 Å². The standard InChI is InChI=1S/C22H18O2/c23-21(24-22-11-9-15(14-22)10-12-22)20-18-7-3-1-5-16(18)13-17-6-2-4-8-19(17)20/h1-9,11,13,15H,10,12,14H2. The van der Waals surface area contributed by atoms with Gasteiger partial charge >= 0.3 is 5.97 Å². The fourth-order valence-corrected chi connectivity index (χ4v) is 4.30. The summed E-state index contributed by atoms with van der Waals surface area (Å²) in [7, 11) is 0. The maximum Gasteiger partial charge on any atom is 0.340 e. The third-order valence-electron chi connectivity index (χ3n) is 5.49. The molecule has 0 radical (unpaired) electrons. The minimum absolute atomic E-state index is 0.199. The number of benzene rings is 3. The van der Waals surface area contributed by atoms with Crippen LogP contribution >= 0.6 is 0 Å². The van der Waals surface area contributed by atoms with Crippen LogP contribution < -0.4 is 0 Å². The van der Waals surface area contributed by atoms with Crippen molar-refractivity contribution in [1.82, 2.24) is 0 Å². The molecule has 2 atom stereocenters. The van der Waals surface area contributed by atoms with Crippen LogP contribution in [0.15, 0.2) is 66.7 Å². The number of esters is 1. The number of carbonyl (C=O) groups excluding carboxylic acids is 1. The third-order valence-corrected chi connectivity index (χ3v) is 5.49. The summed E-state index contributed by atoms with van der Waals surface area (Å²) >= 11 is 0. The monoisotopic (exact) mass is 314 g/mol. The van der Waals surface area contributed by atoms with E-state index in [1.807, 2.05) is 36.4 Å². The summed E-state index contributed by atoms with van der Waals surface area (Å²) in [5.74, 6) is 0.386. The van der Waals surface area contributed by atoms with Gasteiger partial charge in [-0.15, -0.1) is 0 Å². The molecule has 0 heterocycles. The Labute approximate surface area is 140 Å². The van der Waals surface area contributed by atoms with E-state index in [9.17, 15) is 4.79 Å². The second kappa shape index (κ2) is 4.94. The van der Waals surface area contributed by atoms with E-state index in [-0.39, 0.29) is 11.6 Å². The predicted octanol–water partition coefficient (Wildman–Crippen LogP) is 5.26. The predicted molar refractivity (Wildman–Crippen MR) is 96.1 cm³/mol. The van der Waals surface area contributed by atoms with E-state index in [1.165, 1.54) is 0 Å². The Balaban J connectivity index is 1.69. The van der Waals surface area contributed by atoms with E-state index in [2.05, 4.69) is 30.4 Å². The molecule has 2 aliphatic rings. The molecule has 2 heteroatoms. The third kappa shape index (κ3) is 1.99. The molecule has 1 saturated carbocycles. The summed E-state index contributed by atoms with van der Waals surface area (Å²) in [4.78, 5) is 13.2. The van der Waals surface area contributed by atoms with Gasteiger partial charge in [0.15, 0.2) is 0 Å². The number of carbonyl (C=O) groups is 1. The topological polar surface area (TPSA) is 26.3 Å². The minimum Gasteiger partial charge on any atom is -0.451 e. The van der Waals surface area contributed by atoms with Gasteiger partial charge in [0.05, 0.1) is 5.56 Å². The largest absolute Gasteiger partial charge is 0.451 e. The molecular weight excluding hydrogens is 296 g/mol. The van der Waals surface area contributed by atoms with Crippen molar-refractivity contribution < 1.29 is 9.53 Å². The first-order chi connectivity index (χ1) is 11.7. The van der Waals surface area contributed by atoms with Crippen LogP contribution in [0.2, 0.25) is 0 Å². The van der Waals surface area contributed by atoms with Gasteiger partial charge < -0.3 is 4.74 Å². The highest BCUT2D eigenvalue weighted by Crippen LogP contribution is 2.45. The van der Waals surface area contributed by atoms with Gasteiger partial charge in [-0.05, 0) is 58.9 Å². The molecule has 2 unspecified atom stereocenters. The van der Waals surface area contributed by atoms with Crippen LogP contribution in [-0.4, -0.2) is 11.6 Å². The fourth-order valence-electron chi connectivity index (χ4n) is 4.30. The van der Waals surface area contributed by atoms with Crippen molar-refractivity contribution in [3.63, 3.8) is 0 Å². The van der Waals surface area contributed by atoms with Gasteiger partial charge in [-0.2, -0.15) is 0 Å². The lowest BCUT2D eigenvalue weighted by atomic mass is 9.96. The van der Waals surface area contributed by atoms with Crippen molar-refractivity contribution in [2.24, 2.45) is 5.92 Å². The van der Waals surface area contributed by atoms with Crippen LogP contribution in [0.1, 0.15) is 29.6 Å². The van der Waals surface area contributed by atoms with Crippen molar-refractivity contribution in [3.8, 4) is 0 Å². The van der Waals surface area contributed by atoms with E-state index >= 15 is 0 Å². The summed E-state index contributed by atoms with van der Waals surface area (Å²) in [6.07, 6.45) is 7.33. The highest BCUT2D eigenvalue weighted by molar-refractivity contribution is 6.16. The van der Waals surface area contributed by atoms with Crippen LogP contribution in [-0.2, 0) is 4.74 Å². The molecule has 2 bridgehead atoms. The Morgan fingerprint density at radius 2 is 1.67 bits per heavy atom. The SMILES string of the molecule is O=C(OC12C=CC(CC1)C2)c1c2ccccc2cc2ccccc12. The van der Waals surface area contributed by atoms with Gasteiger partial charge in [0.1, 0.15) is 5.60 Å². The molecule has 2 nitrogen and oxygen atoms in total. The van der Waals surface area contributed by atoms with Crippen LogP contribution in [0.5, 0.6) is 0 Å². The molecule has 2 aliphatic carbocycles. The average Bonchev–Trinajstić information content (AvgIpc) is 3.19. The molecule has 3 aromatic rings. The Morgan fingerprint density at radius 3 is 2.21 bits per heavy atom. The first-order valence-electron chi connectivity index (χ1n) is 8.57. The van der Waals surface area contributed by atoms with E-state index in [1.54, 1.807) is 0 Å². The average molecular weight is 314 g/mol. The van der Waals surface area contributed by atoms with Crippen LogP contribution in [0, 0.1) is 5.92 Å². The van der Waals surface area contributed by atoms with E-state index in [0.717, 1.165) is 40.8 Å². The summed E-state index contributed by atoms with van der Waals surface area (Å²) in [6.45, 7) is 0. The van der Waals surface area contributed by atoms with Crippen LogP contribution in [0.25, 0.3) is 21.5 Å². The molecule has 0 aliphatic heterocycles. The zero-order valence-corrected chi connectivity index (χ0v) is 13.4. The first kappa shape index (κ1) is 13.8.